The van der Waals surface area contributed by atoms with E-state index < -0.39 is 11.4 Å². The van der Waals surface area contributed by atoms with Gasteiger partial charge in [-0.05, 0) is 24.5 Å². The van der Waals surface area contributed by atoms with Gasteiger partial charge >= 0.3 is 5.97 Å². The maximum absolute atomic E-state index is 11.4. The summed E-state index contributed by atoms with van der Waals surface area (Å²) < 4.78 is 0. The van der Waals surface area contributed by atoms with Gasteiger partial charge in [0.25, 0.3) is 0 Å². The van der Waals surface area contributed by atoms with Gasteiger partial charge in [0.15, 0.2) is 0 Å². The molecule has 18 heavy (non-hydrogen) atoms. The zero-order chi connectivity index (χ0) is 13.2. The molecule has 3 nitrogen and oxygen atoms in total. The van der Waals surface area contributed by atoms with Crippen molar-refractivity contribution >= 4 is 5.97 Å². The molecule has 1 aliphatic rings. The lowest BCUT2D eigenvalue weighted by molar-refractivity contribution is -0.149. The predicted octanol–water partition coefficient (Wildman–Crippen LogP) is 2.89. The second kappa shape index (κ2) is 5.11. The quantitative estimate of drug-likeness (QED) is 0.869. The summed E-state index contributed by atoms with van der Waals surface area (Å²) in [7, 11) is 0. The van der Waals surface area contributed by atoms with E-state index in [1.807, 2.05) is 26.0 Å². The lowest BCUT2D eigenvalue weighted by Gasteiger charge is -2.29. The number of carboxylic acid groups (broad SMARTS) is 1. The molecule has 1 aromatic rings. The molecule has 1 heterocycles. The summed E-state index contributed by atoms with van der Waals surface area (Å²) in [5, 5.41) is 9.41. The molecule has 0 aliphatic carbocycles. The third-order valence-electron chi connectivity index (χ3n) is 3.80. The number of nitrogens with zero attached hydrogens (tertiary/aromatic N) is 1. The number of carboxylic acids is 1. The molecular weight excluding hydrogens is 226 g/mol. The average Bonchev–Trinajstić information content (AvgIpc) is 2.70. The molecule has 0 amide bonds. The number of hydrogen-bond donors (Lipinski definition) is 1. The maximum Gasteiger partial charge on any atom is 0.310 e. The molecule has 1 aromatic carbocycles. The number of fused-ring (bicyclic) bond motifs is 1. The van der Waals surface area contributed by atoms with Crippen molar-refractivity contribution in [1.29, 1.82) is 0 Å². The smallest absolute Gasteiger partial charge is 0.310 e. The second-order valence-electron chi connectivity index (χ2n) is 5.53. The maximum atomic E-state index is 11.4. The molecule has 0 bridgehead atoms. The van der Waals surface area contributed by atoms with E-state index in [9.17, 15) is 9.90 Å². The molecule has 0 aromatic heterocycles. The van der Waals surface area contributed by atoms with Crippen molar-refractivity contribution in [3.8, 4) is 0 Å². The van der Waals surface area contributed by atoms with E-state index >= 15 is 0 Å². The van der Waals surface area contributed by atoms with Crippen LogP contribution in [0.5, 0.6) is 0 Å². The highest BCUT2D eigenvalue weighted by molar-refractivity contribution is 5.74. The average molecular weight is 247 g/mol. The first-order valence-corrected chi connectivity index (χ1v) is 6.58. The van der Waals surface area contributed by atoms with Crippen LogP contribution in [-0.4, -0.2) is 22.5 Å². The van der Waals surface area contributed by atoms with Crippen LogP contribution in [0.4, 0.5) is 0 Å². The fraction of sp³-hybridized carbons (Fsp3) is 0.533. The molecule has 0 saturated heterocycles. The van der Waals surface area contributed by atoms with E-state index in [1.54, 1.807) is 0 Å². The molecule has 1 unspecified atom stereocenters. The Morgan fingerprint density at radius 2 is 1.89 bits per heavy atom. The molecule has 1 N–H and O–H groups in total. The van der Waals surface area contributed by atoms with Crippen molar-refractivity contribution in [2.45, 2.75) is 39.8 Å². The Labute approximate surface area is 108 Å². The Balaban J connectivity index is 2.06. The van der Waals surface area contributed by atoms with E-state index in [1.165, 1.54) is 11.1 Å². The Bertz CT molecular complexity index is 419. The lowest BCUT2D eigenvalue weighted by atomic mass is 9.85. The van der Waals surface area contributed by atoms with Crippen LogP contribution in [0.25, 0.3) is 0 Å². The number of rotatable bonds is 5. The number of carbonyl (C=O) groups is 1. The lowest BCUT2D eigenvalue weighted by Crippen LogP contribution is -2.39. The molecule has 2 rings (SSSR count). The zero-order valence-electron chi connectivity index (χ0n) is 11.1. The molecular formula is C15H21NO2. The van der Waals surface area contributed by atoms with Gasteiger partial charge in [-0.15, -0.1) is 0 Å². The summed E-state index contributed by atoms with van der Waals surface area (Å²) in [6.07, 6.45) is 1.64. The van der Waals surface area contributed by atoms with Crippen molar-refractivity contribution in [2.75, 3.05) is 6.54 Å². The Hall–Kier alpha value is -1.35. The van der Waals surface area contributed by atoms with Crippen LogP contribution in [0, 0.1) is 5.41 Å². The van der Waals surface area contributed by atoms with E-state index in [0.717, 1.165) is 25.9 Å². The highest BCUT2D eigenvalue weighted by Crippen LogP contribution is 2.30. The molecule has 3 heteroatoms. The summed E-state index contributed by atoms with van der Waals surface area (Å²) in [5.74, 6) is -0.680. The van der Waals surface area contributed by atoms with Crippen LogP contribution in [-0.2, 0) is 17.9 Å². The number of benzene rings is 1. The van der Waals surface area contributed by atoms with Gasteiger partial charge in [0, 0.05) is 19.6 Å². The summed E-state index contributed by atoms with van der Waals surface area (Å²) in [6.45, 7) is 6.29. The van der Waals surface area contributed by atoms with Crippen molar-refractivity contribution < 1.29 is 9.90 Å². The molecule has 98 valence electrons. The van der Waals surface area contributed by atoms with Crippen LogP contribution in [0.15, 0.2) is 24.3 Å². The number of hydrogen-bond acceptors (Lipinski definition) is 2. The minimum Gasteiger partial charge on any atom is -0.481 e. The third-order valence-corrected chi connectivity index (χ3v) is 3.80. The third kappa shape index (κ3) is 2.56. The normalized spacial score (nSPS) is 18.3. The summed E-state index contributed by atoms with van der Waals surface area (Å²) in [6, 6.07) is 8.36. The highest BCUT2D eigenvalue weighted by atomic mass is 16.4. The molecule has 1 aliphatic heterocycles. The van der Waals surface area contributed by atoms with Crippen LogP contribution < -0.4 is 0 Å². The minimum atomic E-state index is -0.680. The SMILES string of the molecule is CCCC(C)(CN1Cc2ccccc2C1)C(=O)O. The Morgan fingerprint density at radius 3 is 2.33 bits per heavy atom. The van der Waals surface area contributed by atoms with Gasteiger partial charge in [0.1, 0.15) is 0 Å². The van der Waals surface area contributed by atoms with E-state index in [4.69, 9.17) is 0 Å². The molecule has 0 radical (unpaired) electrons. The highest BCUT2D eigenvalue weighted by Gasteiger charge is 2.35. The summed E-state index contributed by atoms with van der Waals surface area (Å²) in [4.78, 5) is 13.7. The summed E-state index contributed by atoms with van der Waals surface area (Å²) >= 11 is 0. The first kappa shape index (κ1) is 13.1. The van der Waals surface area contributed by atoms with Crippen LogP contribution in [0.3, 0.4) is 0 Å². The molecule has 1 atom stereocenters. The van der Waals surface area contributed by atoms with Gasteiger partial charge in [-0.3, -0.25) is 9.69 Å². The monoisotopic (exact) mass is 247 g/mol. The second-order valence-corrected chi connectivity index (χ2v) is 5.53. The first-order chi connectivity index (χ1) is 8.55. The van der Waals surface area contributed by atoms with Gasteiger partial charge in [-0.1, -0.05) is 37.6 Å². The van der Waals surface area contributed by atoms with Gasteiger partial charge in [-0.2, -0.15) is 0 Å². The minimum absolute atomic E-state index is 0.628. The standard InChI is InChI=1S/C15H21NO2/c1-3-8-15(2,14(17)18)11-16-9-12-6-4-5-7-13(12)10-16/h4-7H,3,8-11H2,1-2H3,(H,17,18). The Morgan fingerprint density at radius 1 is 1.33 bits per heavy atom. The number of aliphatic carboxylic acids is 1. The van der Waals surface area contributed by atoms with Gasteiger partial charge in [0.2, 0.25) is 0 Å². The topological polar surface area (TPSA) is 40.5 Å². The molecule has 0 fully saturated rings. The first-order valence-electron chi connectivity index (χ1n) is 6.58. The van der Waals surface area contributed by atoms with E-state index in [2.05, 4.69) is 17.0 Å². The largest absolute Gasteiger partial charge is 0.481 e. The molecule has 0 spiro atoms. The van der Waals surface area contributed by atoms with E-state index in [-0.39, 0.29) is 0 Å². The fourth-order valence-corrected chi connectivity index (χ4v) is 2.81. The van der Waals surface area contributed by atoms with E-state index in [0.29, 0.717) is 6.54 Å². The van der Waals surface area contributed by atoms with Crippen LogP contribution in [0.1, 0.15) is 37.8 Å². The van der Waals surface area contributed by atoms with Crippen molar-refractivity contribution in [2.24, 2.45) is 5.41 Å². The Kier molecular flexibility index (Phi) is 3.71. The van der Waals surface area contributed by atoms with Crippen molar-refractivity contribution in [3.63, 3.8) is 0 Å². The van der Waals surface area contributed by atoms with Crippen LogP contribution in [0.2, 0.25) is 0 Å². The van der Waals surface area contributed by atoms with Gasteiger partial charge in [0.05, 0.1) is 5.41 Å². The van der Waals surface area contributed by atoms with Crippen molar-refractivity contribution in [3.05, 3.63) is 35.4 Å². The van der Waals surface area contributed by atoms with Gasteiger partial charge < -0.3 is 5.11 Å². The fourth-order valence-electron chi connectivity index (χ4n) is 2.81. The summed E-state index contributed by atoms with van der Waals surface area (Å²) in [5.41, 5.74) is 2.04. The van der Waals surface area contributed by atoms with Crippen LogP contribution >= 0.6 is 0 Å². The molecule has 0 saturated carbocycles. The zero-order valence-corrected chi connectivity index (χ0v) is 11.1. The van der Waals surface area contributed by atoms with Gasteiger partial charge in [-0.25, -0.2) is 0 Å². The van der Waals surface area contributed by atoms with Crippen molar-refractivity contribution in [1.82, 2.24) is 4.90 Å². The predicted molar refractivity (Wildman–Crippen MR) is 71.2 cm³/mol.